The van der Waals surface area contributed by atoms with Crippen molar-refractivity contribution < 1.29 is 4.74 Å². The van der Waals surface area contributed by atoms with E-state index >= 15 is 0 Å². The highest BCUT2D eigenvalue weighted by Crippen LogP contribution is 2.64. The lowest BCUT2D eigenvalue weighted by Gasteiger charge is -2.39. The monoisotopic (exact) mass is 910 g/mol. The van der Waals surface area contributed by atoms with E-state index in [2.05, 4.69) is 199 Å². The van der Waals surface area contributed by atoms with Gasteiger partial charge in [0.1, 0.15) is 11.5 Å². The molecule has 1 aliphatic carbocycles. The van der Waals surface area contributed by atoms with Crippen LogP contribution in [0.4, 0.5) is 0 Å². The molecule has 15 rings (SSSR count). The maximum absolute atomic E-state index is 6.76. The smallest absolute Gasteiger partial charge is 0.164 e. The van der Waals surface area contributed by atoms with E-state index in [1.165, 1.54) is 58.7 Å². The summed E-state index contributed by atoms with van der Waals surface area (Å²) in [4.78, 5) is 15.5. The van der Waals surface area contributed by atoms with E-state index in [0.717, 1.165) is 61.7 Å². The number of hydrogen-bond acceptors (Lipinski definition) is 5. The maximum atomic E-state index is 6.76. The predicted molar refractivity (Wildman–Crippen MR) is 286 cm³/mol. The third-order valence-electron chi connectivity index (χ3n) is 14.5. The fourth-order valence-corrected chi connectivity index (χ4v) is 12.7. The summed E-state index contributed by atoms with van der Waals surface area (Å²) in [6, 6.07) is 82.6. The van der Waals surface area contributed by atoms with Gasteiger partial charge in [0.25, 0.3) is 0 Å². The van der Waals surface area contributed by atoms with Crippen LogP contribution in [0.5, 0.6) is 11.5 Å². The van der Waals surface area contributed by atoms with Crippen LogP contribution >= 0.6 is 11.3 Å². The normalized spacial score (nSPS) is 13.1. The van der Waals surface area contributed by atoms with Crippen molar-refractivity contribution in [1.29, 1.82) is 0 Å². The molecule has 4 heterocycles. The molecule has 0 amide bonds. The number of para-hydroxylation sites is 4. The molecule has 0 fully saturated rings. The second kappa shape index (κ2) is 15.0. The molecule has 0 saturated heterocycles. The Hall–Kier alpha value is -8.97. The van der Waals surface area contributed by atoms with Gasteiger partial charge in [-0.3, -0.25) is 0 Å². The molecule has 10 aromatic carbocycles. The Labute approximate surface area is 407 Å². The van der Waals surface area contributed by atoms with Crippen LogP contribution in [0.3, 0.4) is 0 Å². The van der Waals surface area contributed by atoms with Gasteiger partial charge in [-0.25, -0.2) is 15.0 Å². The fraction of sp³-hybridized carbons (Fsp3) is 0.0156. The van der Waals surface area contributed by atoms with E-state index in [0.29, 0.717) is 17.5 Å². The summed E-state index contributed by atoms with van der Waals surface area (Å²) < 4.78 is 11.7. The number of thiophene rings is 1. The molecule has 6 heteroatoms. The van der Waals surface area contributed by atoms with Gasteiger partial charge in [-0.1, -0.05) is 176 Å². The number of ether oxygens (including phenoxy) is 1. The van der Waals surface area contributed by atoms with E-state index in [1.807, 2.05) is 47.7 Å². The molecule has 0 unspecified atom stereocenters. The molecular formula is C64H38N4OS. The number of hydrogen-bond donors (Lipinski definition) is 0. The molecule has 3 aromatic heterocycles. The molecule has 0 bridgehead atoms. The zero-order chi connectivity index (χ0) is 45.9. The Kier molecular flexibility index (Phi) is 8.38. The van der Waals surface area contributed by atoms with E-state index < -0.39 is 5.41 Å². The highest BCUT2D eigenvalue weighted by molar-refractivity contribution is 7.26. The topological polar surface area (TPSA) is 52.8 Å². The van der Waals surface area contributed by atoms with E-state index in [1.54, 1.807) is 0 Å². The van der Waals surface area contributed by atoms with Crippen LogP contribution in [0, 0.1) is 0 Å². The van der Waals surface area contributed by atoms with Gasteiger partial charge in [0.15, 0.2) is 17.5 Å². The minimum absolute atomic E-state index is 0.618. The molecule has 2 aliphatic rings. The van der Waals surface area contributed by atoms with Crippen LogP contribution in [-0.4, -0.2) is 19.5 Å². The average molecular weight is 911 g/mol. The molecule has 1 spiro atoms. The quantitative estimate of drug-likeness (QED) is 0.173. The summed E-state index contributed by atoms with van der Waals surface area (Å²) in [6.45, 7) is 0. The fourth-order valence-electron chi connectivity index (χ4n) is 11.6. The number of aromatic nitrogens is 4. The van der Waals surface area contributed by atoms with E-state index in [9.17, 15) is 0 Å². The lowest BCUT2D eigenvalue weighted by molar-refractivity contribution is 0.436. The number of rotatable bonds is 5. The summed E-state index contributed by atoms with van der Waals surface area (Å²) in [5.41, 5.74) is 15.0. The summed E-state index contributed by atoms with van der Waals surface area (Å²) in [5, 5.41) is 5.02. The average Bonchev–Trinajstić information content (AvgIpc) is 4.07. The summed E-state index contributed by atoms with van der Waals surface area (Å²) in [7, 11) is 0. The second-order valence-corrected chi connectivity index (χ2v) is 19.3. The molecular weight excluding hydrogens is 873 g/mol. The predicted octanol–water partition coefficient (Wildman–Crippen LogP) is 16.5. The van der Waals surface area contributed by atoms with Crippen molar-refractivity contribution in [3.8, 4) is 73.6 Å². The van der Waals surface area contributed by atoms with Crippen LogP contribution in [0.25, 0.3) is 104 Å². The summed E-state index contributed by atoms with van der Waals surface area (Å²) >= 11 is 1.86. The van der Waals surface area contributed by atoms with Crippen LogP contribution in [0.2, 0.25) is 0 Å². The Bertz CT molecular complexity index is 4170. The molecule has 5 nitrogen and oxygen atoms in total. The van der Waals surface area contributed by atoms with E-state index in [4.69, 9.17) is 19.7 Å². The lowest BCUT2D eigenvalue weighted by Crippen LogP contribution is -2.32. The zero-order valence-corrected chi connectivity index (χ0v) is 38.4. The first-order chi connectivity index (χ1) is 34.7. The molecule has 0 N–H and O–H groups in total. The Morgan fingerprint density at radius 1 is 0.386 bits per heavy atom. The van der Waals surface area contributed by atoms with Crippen molar-refractivity contribution in [1.82, 2.24) is 19.5 Å². The Balaban J connectivity index is 1.01. The first kappa shape index (κ1) is 39.1. The molecule has 0 radical (unpaired) electrons. The highest BCUT2D eigenvalue weighted by Gasteiger charge is 2.51. The minimum atomic E-state index is -0.671. The molecule has 326 valence electrons. The van der Waals surface area contributed by atoms with Crippen LogP contribution in [0.15, 0.2) is 231 Å². The molecule has 0 saturated carbocycles. The van der Waals surface area contributed by atoms with Gasteiger partial charge in [0.2, 0.25) is 0 Å². The first-order valence-electron chi connectivity index (χ1n) is 23.7. The Morgan fingerprint density at radius 2 is 0.971 bits per heavy atom. The number of nitrogens with zero attached hydrogens (tertiary/aromatic N) is 4. The van der Waals surface area contributed by atoms with Crippen LogP contribution in [-0.2, 0) is 5.41 Å². The third kappa shape index (κ3) is 5.56. The zero-order valence-electron chi connectivity index (χ0n) is 37.5. The van der Waals surface area contributed by atoms with Gasteiger partial charge in [0.05, 0.1) is 16.4 Å². The summed E-state index contributed by atoms with van der Waals surface area (Å²) in [5.74, 6) is 3.59. The SMILES string of the molecule is c1ccc(-c2nc(-c3ccccc3)nc(-c3ccc4c(c3)-c3c(-c5ccc6sc7ccc8c9ccccc9n(-c9ccccc9)c8c7c6c5)cccc3C43c4ccccc4Oc4ccccc43)n2)cc1. The van der Waals surface area contributed by atoms with Gasteiger partial charge < -0.3 is 9.30 Å². The van der Waals surface area contributed by atoms with E-state index in [-0.39, 0.29) is 0 Å². The van der Waals surface area contributed by atoms with Gasteiger partial charge in [-0.05, 0) is 88.0 Å². The van der Waals surface area contributed by atoms with Gasteiger partial charge in [-0.2, -0.15) is 0 Å². The van der Waals surface area contributed by atoms with Crippen molar-refractivity contribution in [3.63, 3.8) is 0 Å². The molecule has 70 heavy (non-hydrogen) atoms. The number of fused-ring (bicyclic) bond motifs is 16. The second-order valence-electron chi connectivity index (χ2n) is 18.2. The third-order valence-corrected chi connectivity index (χ3v) is 15.6. The van der Waals surface area contributed by atoms with Crippen LogP contribution < -0.4 is 4.74 Å². The standard InChI is InChI=1S/C64H38N4OS/c1-4-17-39(18-5-1)61-65-62(40-19-6-2-7-20-40)67-63(66-61)42-31-34-49-47(38-42)58-44(24-16-27-52(58)64(49)50-25-11-14-29-54(50)69-55-30-15-12-26-51(55)64)41-32-35-56-48(37-41)59-57(70-56)36-33-46-45-23-10-13-28-53(45)68(60(46)59)43-21-8-3-9-22-43/h1-38H. The van der Waals surface area contributed by atoms with Gasteiger partial charge >= 0.3 is 0 Å². The maximum Gasteiger partial charge on any atom is 0.164 e. The van der Waals surface area contributed by atoms with Crippen molar-refractivity contribution in [3.05, 3.63) is 253 Å². The first-order valence-corrected chi connectivity index (χ1v) is 24.5. The number of benzene rings is 10. The minimum Gasteiger partial charge on any atom is -0.457 e. The summed E-state index contributed by atoms with van der Waals surface area (Å²) in [6.07, 6.45) is 0. The van der Waals surface area contributed by atoms with Crippen LogP contribution in [0.1, 0.15) is 22.3 Å². The van der Waals surface area contributed by atoms with Crippen molar-refractivity contribution in [2.45, 2.75) is 5.41 Å². The van der Waals surface area contributed by atoms with Crippen molar-refractivity contribution in [2.75, 3.05) is 0 Å². The van der Waals surface area contributed by atoms with Crippen molar-refractivity contribution in [2.24, 2.45) is 0 Å². The highest BCUT2D eigenvalue weighted by atomic mass is 32.1. The van der Waals surface area contributed by atoms with Gasteiger partial charge in [0, 0.05) is 64.4 Å². The van der Waals surface area contributed by atoms with Crippen molar-refractivity contribution >= 4 is 53.3 Å². The lowest BCUT2D eigenvalue weighted by atomic mass is 9.66. The molecule has 0 atom stereocenters. The molecule has 1 aliphatic heterocycles. The Morgan fingerprint density at radius 3 is 1.69 bits per heavy atom. The molecule has 13 aromatic rings. The van der Waals surface area contributed by atoms with Gasteiger partial charge in [-0.15, -0.1) is 11.3 Å². The largest absolute Gasteiger partial charge is 0.457 e.